The van der Waals surface area contributed by atoms with Gasteiger partial charge in [0.1, 0.15) is 11.2 Å². The molecule has 0 aliphatic heterocycles. The summed E-state index contributed by atoms with van der Waals surface area (Å²) in [6.45, 7) is 0. The molecule has 1 aromatic heterocycles. The molecule has 0 spiro atoms. The third-order valence-electron chi connectivity index (χ3n) is 9.13. The van der Waals surface area contributed by atoms with Crippen LogP contribution < -0.4 is 0 Å². The minimum atomic E-state index is -0.642. The minimum Gasteiger partial charge on any atom is -0.456 e. The summed E-state index contributed by atoms with van der Waals surface area (Å²) in [5.41, 5.74) is 1.19. The maximum absolute atomic E-state index is 9.90. The third kappa shape index (κ3) is 4.94. The van der Waals surface area contributed by atoms with Gasteiger partial charge in [0.2, 0.25) is 0 Å². The summed E-state index contributed by atoms with van der Waals surface area (Å²) in [6, 6.07) is 25.3. The maximum atomic E-state index is 9.90. The van der Waals surface area contributed by atoms with E-state index >= 15 is 0 Å². The first-order valence-corrected chi connectivity index (χ1v) is 16.4. The van der Waals surface area contributed by atoms with Gasteiger partial charge >= 0.3 is 0 Å². The molecule has 1 heterocycles. The maximum Gasteiger partial charge on any atom is 0.136 e. The van der Waals surface area contributed by atoms with E-state index in [4.69, 9.17) is 14.0 Å². The van der Waals surface area contributed by atoms with Gasteiger partial charge in [-0.25, -0.2) is 0 Å². The molecule has 0 radical (unpaired) electrons. The standard InChI is InChI=1S/C50H32O/c1-4-15-33(16-5-1)36-27-28-44-47(32-36)51-46-26-14-25-45(50(44)46)49-42-23-12-10-21-40(42)48(41-22-11-13-24-43(41)49)39-30-37(34-17-6-2-7-18-34)29-38(31-39)35-19-8-3-9-20-35/h1-32H/i2D,6D,7D,14D,17D,18D,25D,26D,27D,28D,29D,30D,31D,32D. The number of furan rings is 1. The number of fused-ring (bicyclic) bond motifs is 5. The predicted octanol–water partition coefficient (Wildman–Crippen LogP) is 14.2. The van der Waals surface area contributed by atoms with Crippen LogP contribution in [0.5, 0.6) is 0 Å². The van der Waals surface area contributed by atoms with Crippen molar-refractivity contribution in [3.8, 4) is 55.6 Å². The van der Waals surface area contributed by atoms with Crippen molar-refractivity contribution in [1.29, 1.82) is 0 Å². The van der Waals surface area contributed by atoms with Crippen molar-refractivity contribution in [3.63, 3.8) is 0 Å². The predicted molar refractivity (Wildman–Crippen MR) is 216 cm³/mol. The quantitative estimate of drug-likeness (QED) is 0.167. The zero-order valence-electron chi connectivity index (χ0n) is 40.8. The summed E-state index contributed by atoms with van der Waals surface area (Å²) in [6.07, 6.45) is 0. The molecule has 51 heavy (non-hydrogen) atoms. The van der Waals surface area contributed by atoms with Crippen molar-refractivity contribution in [2.75, 3.05) is 0 Å². The van der Waals surface area contributed by atoms with Crippen LogP contribution in [0.15, 0.2) is 198 Å². The van der Waals surface area contributed by atoms with Crippen LogP contribution in [0.3, 0.4) is 0 Å². The van der Waals surface area contributed by atoms with Crippen molar-refractivity contribution in [2.45, 2.75) is 0 Å². The van der Waals surface area contributed by atoms with Crippen molar-refractivity contribution in [2.24, 2.45) is 0 Å². The van der Waals surface area contributed by atoms with Crippen molar-refractivity contribution < 1.29 is 23.6 Å². The lowest BCUT2D eigenvalue weighted by molar-refractivity contribution is 0.669. The lowest BCUT2D eigenvalue weighted by Crippen LogP contribution is -1.92. The van der Waals surface area contributed by atoms with E-state index in [9.17, 15) is 9.60 Å². The Morgan fingerprint density at radius 1 is 0.333 bits per heavy atom. The van der Waals surface area contributed by atoms with E-state index in [0.717, 1.165) is 0 Å². The lowest BCUT2D eigenvalue weighted by atomic mass is 9.83. The van der Waals surface area contributed by atoms with Gasteiger partial charge in [-0.2, -0.15) is 0 Å². The van der Waals surface area contributed by atoms with Gasteiger partial charge in [0, 0.05) is 10.8 Å². The van der Waals surface area contributed by atoms with E-state index in [1.54, 1.807) is 109 Å². The second kappa shape index (κ2) is 12.0. The fourth-order valence-electron chi connectivity index (χ4n) is 6.89. The smallest absolute Gasteiger partial charge is 0.136 e. The molecule has 0 bridgehead atoms. The second-order valence-electron chi connectivity index (χ2n) is 12.1. The minimum absolute atomic E-state index is 0.00730. The molecule has 10 aromatic rings. The Kier molecular flexibility index (Phi) is 4.32. The van der Waals surface area contributed by atoms with Crippen LogP contribution in [0.2, 0.25) is 0 Å². The van der Waals surface area contributed by atoms with Crippen LogP contribution in [0, 0.1) is 0 Å². The van der Waals surface area contributed by atoms with E-state index in [2.05, 4.69) is 0 Å². The molecule has 1 nitrogen and oxygen atoms in total. The van der Waals surface area contributed by atoms with Gasteiger partial charge in [0.15, 0.2) is 0 Å². The van der Waals surface area contributed by atoms with Gasteiger partial charge in [0.05, 0.1) is 19.2 Å². The average molecular weight is 663 g/mol. The summed E-state index contributed by atoms with van der Waals surface area (Å²) in [5.74, 6) is 0. The fourth-order valence-corrected chi connectivity index (χ4v) is 6.89. The Bertz CT molecular complexity index is 3610. The van der Waals surface area contributed by atoms with Gasteiger partial charge in [-0.05, 0) is 113 Å². The van der Waals surface area contributed by atoms with Crippen molar-refractivity contribution >= 4 is 43.5 Å². The molecule has 0 aliphatic rings. The molecule has 0 unspecified atom stereocenters. The molecule has 0 aliphatic carbocycles. The van der Waals surface area contributed by atoms with Gasteiger partial charge in [0.25, 0.3) is 0 Å². The number of hydrogen-bond donors (Lipinski definition) is 0. The Hall–Kier alpha value is -6.70. The average Bonchev–Trinajstić information content (AvgIpc) is 3.72. The largest absolute Gasteiger partial charge is 0.456 e. The van der Waals surface area contributed by atoms with Gasteiger partial charge < -0.3 is 4.42 Å². The van der Waals surface area contributed by atoms with E-state index < -0.39 is 48.3 Å². The molecule has 0 saturated heterocycles. The first-order valence-electron chi connectivity index (χ1n) is 23.4. The lowest BCUT2D eigenvalue weighted by Gasteiger charge is -2.19. The van der Waals surface area contributed by atoms with E-state index in [0.29, 0.717) is 43.8 Å². The van der Waals surface area contributed by atoms with Crippen LogP contribution in [0.1, 0.15) is 19.2 Å². The normalized spacial score (nSPS) is 15.4. The summed E-state index contributed by atoms with van der Waals surface area (Å²) in [4.78, 5) is 0. The Morgan fingerprint density at radius 3 is 1.53 bits per heavy atom. The van der Waals surface area contributed by atoms with Gasteiger partial charge in [-0.3, -0.25) is 0 Å². The topological polar surface area (TPSA) is 13.1 Å². The SMILES string of the molecule is [2H]c1c([2H])c([2H])c(-c2c([2H])c(-c3ccccc3)c([2H])c(-c3c4ccccc4c(-c4c([2H])c([2H])c([2H])c5oc6c([2H])c(-c7ccccc7)c([2H])c([2H])c6c45)c4ccccc34)c2[2H])c([2H])c1[2H]. The molecule has 238 valence electrons. The fraction of sp³-hybridized carbons (Fsp3) is 0. The number of rotatable bonds is 5. The van der Waals surface area contributed by atoms with E-state index in [1.807, 2.05) is 0 Å². The zero-order chi connectivity index (χ0) is 45.9. The third-order valence-corrected chi connectivity index (χ3v) is 9.13. The van der Waals surface area contributed by atoms with Crippen molar-refractivity contribution in [3.05, 3.63) is 194 Å². The first kappa shape index (κ1) is 18.3. The first-order chi connectivity index (χ1) is 31.2. The van der Waals surface area contributed by atoms with Crippen LogP contribution in [-0.4, -0.2) is 0 Å². The second-order valence-corrected chi connectivity index (χ2v) is 12.1. The summed E-state index contributed by atoms with van der Waals surface area (Å²) in [7, 11) is 0. The molecule has 0 N–H and O–H groups in total. The van der Waals surface area contributed by atoms with E-state index in [1.165, 1.54) is 0 Å². The highest BCUT2D eigenvalue weighted by molar-refractivity contribution is 6.25. The molecule has 9 aromatic carbocycles. The summed E-state index contributed by atoms with van der Waals surface area (Å²) < 4.78 is 134. The molecule has 0 amide bonds. The molecule has 0 fully saturated rings. The monoisotopic (exact) mass is 662 g/mol. The zero-order valence-corrected chi connectivity index (χ0v) is 26.8. The molecule has 0 atom stereocenters. The summed E-state index contributed by atoms with van der Waals surface area (Å²) >= 11 is 0. The molecular weight excluding hydrogens is 617 g/mol. The number of hydrogen-bond acceptors (Lipinski definition) is 1. The Labute approximate surface area is 316 Å². The van der Waals surface area contributed by atoms with Crippen LogP contribution in [0.4, 0.5) is 0 Å². The molecular formula is C50H32O. The summed E-state index contributed by atoms with van der Waals surface area (Å²) in [5, 5.41) is 1.98. The highest BCUT2D eigenvalue weighted by atomic mass is 16.3. The highest BCUT2D eigenvalue weighted by Gasteiger charge is 2.21. The molecule has 0 saturated carbocycles. The van der Waals surface area contributed by atoms with Crippen LogP contribution in [-0.2, 0) is 0 Å². The molecule has 10 rings (SSSR count). The van der Waals surface area contributed by atoms with Crippen LogP contribution >= 0.6 is 0 Å². The van der Waals surface area contributed by atoms with Crippen LogP contribution in [0.25, 0.3) is 99.1 Å². The van der Waals surface area contributed by atoms with Crippen molar-refractivity contribution in [1.82, 2.24) is 0 Å². The highest BCUT2D eigenvalue weighted by Crippen LogP contribution is 2.48. The van der Waals surface area contributed by atoms with Gasteiger partial charge in [-0.1, -0.05) is 158 Å². The Balaban J connectivity index is 1.39. The molecule has 1 heteroatoms. The Morgan fingerprint density at radius 2 is 0.882 bits per heavy atom. The van der Waals surface area contributed by atoms with Gasteiger partial charge in [-0.15, -0.1) is 0 Å². The number of benzene rings is 9. The van der Waals surface area contributed by atoms with E-state index in [-0.39, 0.29) is 91.6 Å².